The minimum atomic E-state index is -0.917. The molecular formula is C26H48O3. The number of allylic oxidation sites excluding steroid dienone is 5. The van der Waals surface area contributed by atoms with Gasteiger partial charge in [-0.25, -0.2) is 0 Å². The van der Waals surface area contributed by atoms with Crippen molar-refractivity contribution in [3.63, 3.8) is 0 Å². The molecule has 3 nitrogen and oxygen atoms in total. The Hall–Kier alpha value is -0.900. The van der Waals surface area contributed by atoms with Crippen molar-refractivity contribution >= 4 is 0 Å². The molecule has 0 heterocycles. The highest BCUT2D eigenvalue weighted by molar-refractivity contribution is 5.02. The molecule has 0 aromatic rings. The molecule has 0 amide bonds. The average Bonchev–Trinajstić information content (AvgIpc) is 2.61. The molecule has 0 bridgehead atoms. The van der Waals surface area contributed by atoms with Gasteiger partial charge in [-0.3, -0.25) is 0 Å². The molecule has 0 aliphatic heterocycles. The first-order valence-electron chi connectivity index (χ1n) is 11.6. The number of rotatable bonds is 17. The topological polar surface area (TPSA) is 27.7 Å². The minimum Gasteiger partial charge on any atom is -0.328 e. The number of hydrogen-bond acceptors (Lipinski definition) is 3. The zero-order valence-electron chi connectivity index (χ0n) is 20.6. The van der Waals surface area contributed by atoms with Crippen LogP contribution in [0, 0.1) is 5.92 Å². The van der Waals surface area contributed by atoms with Crippen molar-refractivity contribution in [1.82, 2.24) is 0 Å². The van der Waals surface area contributed by atoms with Crippen LogP contribution in [0.5, 0.6) is 0 Å². The second kappa shape index (κ2) is 16.8. The van der Waals surface area contributed by atoms with Gasteiger partial charge >= 0.3 is 0 Å². The third kappa shape index (κ3) is 15.6. The first-order valence-corrected chi connectivity index (χ1v) is 11.6. The fourth-order valence-corrected chi connectivity index (χ4v) is 3.09. The third-order valence-corrected chi connectivity index (χ3v) is 4.89. The Morgan fingerprint density at radius 3 is 2.07 bits per heavy atom. The first kappa shape index (κ1) is 28.1. The average molecular weight is 409 g/mol. The SMILES string of the molecule is CCCC(OCC)(OC/C=C(/C)CCC=C(C)C)OCCC(C)CCC=C(C)C. The van der Waals surface area contributed by atoms with E-state index in [4.69, 9.17) is 14.2 Å². The van der Waals surface area contributed by atoms with Gasteiger partial charge in [0.05, 0.1) is 13.2 Å². The van der Waals surface area contributed by atoms with Gasteiger partial charge in [0.1, 0.15) is 0 Å². The minimum absolute atomic E-state index is 0.525. The van der Waals surface area contributed by atoms with E-state index in [0.29, 0.717) is 25.7 Å². The Balaban J connectivity index is 4.63. The summed E-state index contributed by atoms with van der Waals surface area (Å²) in [4.78, 5) is 0. The summed E-state index contributed by atoms with van der Waals surface area (Å²) < 4.78 is 18.3. The Bertz CT molecular complexity index is 488. The maximum Gasteiger partial charge on any atom is 0.283 e. The van der Waals surface area contributed by atoms with Gasteiger partial charge in [0.25, 0.3) is 5.97 Å². The molecule has 0 fully saturated rings. The van der Waals surface area contributed by atoms with Gasteiger partial charge < -0.3 is 14.2 Å². The van der Waals surface area contributed by atoms with Crippen molar-refractivity contribution in [3.8, 4) is 0 Å². The van der Waals surface area contributed by atoms with Gasteiger partial charge in [0.2, 0.25) is 0 Å². The molecule has 0 aliphatic rings. The molecule has 0 aromatic heterocycles. The summed E-state index contributed by atoms with van der Waals surface area (Å²) in [6, 6.07) is 0. The zero-order chi connectivity index (χ0) is 22.1. The molecule has 0 aromatic carbocycles. The molecule has 2 atom stereocenters. The fourth-order valence-electron chi connectivity index (χ4n) is 3.09. The van der Waals surface area contributed by atoms with Crippen LogP contribution in [0.3, 0.4) is 0 Å². The predicted molar refractivity (Wildman–Crippen MR) is 126 cm³/mol. The van der Waals surface area contributed by atoms with E-state index in [1.165, 1.54) is 23.1 Å². The van der Waals surface area contributed by atoms with Crippen LogP contribution in [0.1, 0.15) is 100 Å². The summed E-state index contributed by atoms with van der Waals surface area (Å²) in [7, 11) is 0. The molecule has 2 unspecified atom stereocenters. The standard InChI is InChI=1S/C26H48O3/c1-9-19-26(27-10-2,28-20-17-24(7)15-11-13-22(3)4)29-21-18-25(8)16-12-14-23(5)6/h13-14,17,25H,9-12,15-16,18-21H2,1-8H3/b24-17-. The van der Waals surface area contributed by atoms with E-state index in [1.807, 2.05) is 6.92 Å². The van der Waals surface area contributed by atoms with E-state index >= 15 is 0 Å². The lowest BCUT2D eigenvalue weighted by molar-refractivity contribution is -0.379. The second-order valence-corrected chi connectivity index (χ2v) is 8.65. The monoisotopic (exact) mass is 408 g/mol. The van der Waals surface area contributed by atoms with Crippen molar-refractivity contribution in [2.45, 2.75) is 106 Å². The summed E-state index contributed by atoms with van der Waals surface area (Å²) in [5, 5.41) is 0. The van der Waals surface area contributed by atoms with Crippen LogP contribution in [-0.4, -0.2) is 25.8 Å². The van der Waals surface area contributed by atoms with E-state index in [0.717, 1.165) is 38.5 Å². The molecule has 0 spiro atoms. The molecule has 0 radical (unpaired) electrons. The molecule has 0 saturated carbocycles. The van der Waals surface area contributed by atoms with E-state index in [1.54, 1.807) is 0 Å². The van der Waals surface area contributed by atoms with Gasteiger partial charge in [-0.05, 0) is 86.0 Å². The van der Waals surface area contributed by atoms with Crippen molar-refractivity contribution in [2.24, 2.45) is 5.92 Å². The second-order valence-electron chi connectivity index (χ2n) is 8.65. The molecule has 0 saturated heterocycles. The molecular weight excluding hydrogens is 360 g/mol. The van der Waals surface area contributed by atoms with Crippen molar-refractivity contribution < 1.29 is 14.2 Å². The van der Waals surface area contributed by atoms with Crippen LogP contribution in [0.15, 0.2) is 34.9 Å². The van der Waals surface area contributed by atoms with Crippen LogP contribution in [0.2, 0.25) is 0 Å². The molecule has 29 heavy (non-hydrogen) atoms. The highest BCUT2D eigenvalue weighted by Crippen LogP contribution is 2.24. The van der Waals surface area contributed by atoms with E-state index < -0.39 is 5.97 Å². The first-order chi connectivity index (χ1) is 13.7. The van der Waals surface area contributed by atoms with Crippen LogP contribution in [-0.2, 0) is 14.2 Å². The van der Waals surface area contributed by atoms with E-state index in [2.05, 4.69) is 66.7 Å². The Kier molecular flexibility index (Phi) is 16.3. The quantitative estimate of drug-likeness (QED) is 0.180. The number of ether oxygens (including phenoxy) is 3. The molecule has 0 N–H and O–H groups in total. The highest BCUT2D eigenvalue weighted by atomic mass is 16.9. The fraction of sp³-hybridized carbons (Fsp3) is 0.769. The van der Waals surface area contributed by atoms with E-state index in [-0.39, 0.29) is 0 Å². The third-order valence-electron chi connectivity index (χ3n) is 4.89. The summed E-state index contributed by atoms with van der Waals surface area (Å²) in [6.45, 7) is 19.0. The molecule has 3 heteroatoms. The van der Waals surface area contributed by atoms with Gasteiger partial charge in [0.15, 0.2) is 0 Å². The Morgan fingerprint density at radius 1 is 0.828 bits per heavy atom. The van der Waals surface area contributed by atoms with Crippen LogP contribution < -0.4 is 0 Å². The number of hydrogen-bond donors (Lipinski definition) is 0. The van der Waals surface area contributed by atoms with Gasteiger partial charge in [-0.2, -0.15) is 0 Å². The summed E-state index contributed by atoms with van der Waals surface area (Å²) in [5.74, 6) is -0.288. The maximum atomic E-state index is 6.20. The normalized spacial score (nSPS) is 15.0. The lowest BCUT2D eigenvalue weighted by Gasteiger charge is -2.33. The largest absolute Gasteiger partial charge is 0.328 e. The molecule has 0 aliphatic carbocycles. The summed E-state index contributed by atoms with van der Waals surface area (Å²) in [6.07, 6.45) is 14.0. The van der Waals surface area contributed by atoms with Gasteiger partial charge in [-0.1, -0.05) is 48.8 Å². The Labute approximate surface area is 181 Å². The van der Waals surface area contributed by atoms with Crippen molar-refractivity contribution in [1.29, 1.82) is 0 Å². The lowest BCUT2D eigenvalue weighted by Crippen LogP contribution is -2.40. The molecule has 0 rings (SSSR count). The summed E-state index contributed by atoms with van der Waals surface area (Å²) in [5.41, 5.74) is 4.11. The van der Waals surface area contributed by atoms with Crippen molar-refractivity contribution in [2.75, 3.05) is 19.8 Å². The predicted octanol–water partition coefficient (Wildman–Crippen LogP) is 7.98. The molecule has 170 valence electrons. The van der Waals surface area contributed by atoms with Crippen LogP contribution in [0.25, 0.3) is 0 Å². The maximum absolute atomic E-state index is 6.20. The van der Waals surface area contributed by atoms with Gasteiger partial charge in [0, 0.05) is 13.0 Å². The van der Waals surface area contributed by atoms with Crippen LogP contribution >= 0.6 is 0 Å². The van der Waals surface area contributed by atoms with Crippen LogP contribution in [0.4, 0.5) is 0 Å². The highest BCUT2D eigenvalue weighted by Gasteiger charge is 2.32. The van der Waals surface area contributed by atoms with E-state index in [9.17, 15) is 0 Å². The summed E-state index contributed by atoms with van der Waals surface area (Å²) >= 11 is 0. The van der Waals surface area contributed by atoms with Gasteiger partial charge in [-0.15, -0.1) is 0 Å². The lowest BCUT2D eigenvalue weighted by atomic mass is 10.0. The zero-order valence-corrected chi connectivity index (χ0v) is 20.6. The van der Waals surface area contributed by atoms with Crippen molar-refractivity contribution in [3.05, 3.63) is 34.9 Å². The smallest absolute Gasteiger partial charge is 0.283 e. The Morgan fingerprint density at radius 2 is 1.48 bits per heavy atom.